The summed E-state index contributed by atoms with van der Waals surface area (Å²) in [5, 5.41) is 9.36. The quantitative estimate of drug-likeness (QED) is 0.671. The lowest BCUT2D eigenvalue weighted by molar-refractivity contribution is -0.129. The molecule has 7 heteroatoms. The van der Waals surface area contributed by atoms with Gasteiger partial charge in [-0.2, -0.15) is 5.26 Å². The molecule has 2 heterocycles. The van der Waals surface area contributed by atoms with E-state index in [1.165, 1.54) is 11.8 Å². The van der Waals surface area contributed by atoms with Crippen LogP contribution in [0.15, 0.2) is 9.95 Å². The van der Waals surface area contributed by atoms with E-state index in [1.807, 2.05) is 17.9 Å². The van der Waals surface area contributed by atoms with Crippen LogP contribution in [0.1, 0.15) is 37.9 Å². The third-order valence-electron chi connectivity index (χ3n) is 3.89. The van der Waals surface area contributed by atoms with Gasteiger partial charge in [-0.05, 0) is 25.2 Å². The van der Waals surface area contributed by atoms with Gasteiger partial charge in [0.05, 0.1) is 11.4 Å². The van der Waals surface area contributed by atoms with E-state index in [0.717, 1.165) is 25.9 Å². The van der Waals surface area contributed by atoms with Crippen LogP contribution in [-0.2, 0) is 11.2 Å². The molecule has 2 rings (SSSR count). The molecule has 22 heavy (non-hydrogen) atoms. The van der Waals surface area contributed by atoms with Crippen LogP contribution in [0.4, 0.5) is 0 Å². The van der Waals surface area contributed by atoms with Gasteiger partial charge >= 0.3 is 0 Å². The largest absolute Gasteiger partial charge is 0.342 e. The van der Waals surface area contributed by atoms with Crippen LogP contribution < -0.4 is 5.56 Å². The molecule has 1 saturated heterocycles. The maximum Gasteiger partial charge on any atom is 0.269 e. The molecule has 0 spiro atoms. The van der Waals surface area contributed by atoms with Gasteiger partial charge in [-0.15, -0.1) is 0 Å². The lowest BCUT2D eigenvalue weighted by Crippen LogP contribution is -2.39. The summed E-state index contributed by atoms with van der Waals surface area (Å²) in [6.07, 6.45) is 2.60. The maximum atomic E-state index is 12.2. The molecule has 118 valence electrons. The van der Waals surface area contributed by atoms with Crippen molar-refractivity contribution in [2.45, 2.75) is 38.3 Å². The highest BCUT2D eigenvalue weighted by molar-refractivity contribution is 7.99. The molecule has 0 aromatic carbocycles. The fraction of sp³-hybridized carbons (Fsp3) is 0.600. The summed E-state index contributed by atoms with van der Waals surface area (Å²) < 4.78 is 0. The van der Waals surface area contributed by atoms with E-state index in [1.54, 1.807) is 0 Å². The number of likely N-dealkylation sites (tertiary alicyclic amines) is 1. The van der Waals surface area contributed by atoms with Gasteiger partial charge in [0.1, 0.15) is 11.6 Å². The number of carbonyl (C=O) groups excluding carboxylic acids is 1. The number of nitrogens with zero attached hydrogens (tertiary/aromatic N) is 3. The van der Waals surface area contributed by atoms with Crippen molar-refractivity contribution in [3.05, 3.63) is 21.6 Å². The first-order valence-corrected chi connectivity index (χ1v) is 8.47. The highest BCUT2D eigenvalue weighted by Crippen LogP contribution is 2.19. The van der Waals surface area contributed by atoms with E-state index in [9.17, 15) is 9.59 Å². The lowest BCUT2D eigenvalue weighted by atomic mass is 9.99. The molecule has 0 radical (unpaired) electrons. The van der Waals surface area contributed by atoms with Gasteiger partial charge in [0.15, 0.2) is 5.16 Å². The smallest absolute Gasteiger partial charge is 0.269 e. The Hall–Kier alpha value is -1.81. The van der Waals surface area contributed by atoms with Gasteiger partial charge in [0.25, 0.3) is 5.56 Å². The van der Waals surface area contributed by atoms with E-state index in [0.29, 0.717) is 23.2 Å². The Kier molecular flexibility index (Phi) is 5.61. The molecule has 1 amide bonds. The van der Waals surface area contributed by atoms with Crippen LogP contribution >= 0.6 is 11.8 Å². The molecule has 0 atom stereocenters. The zero-order valence-corrected chi connectivity index (χ0v) is 13.7. The standard InChI is InChI=1S/C15H20N4O2S/c1-3-12-11(8-16)14(21)18-15(17-12)22-9-13(20)19-6-4-10(2)5-7-19/h10H,3-7,9H2,1-2H3,(H,17,18,21). The Bertz CT molecular complexity index is 642. The number of carbonyl (C=O) groups is 1. The number of piperidine rings is 1. The van der Waals surface area contributed by atoms with E-state index < -0.39 is 5.56 Å². The Balaban J connectivity index is 2.00. The van der Waals surface area contributed by atoms with Gasteiger partial charge in [-0.25, -0.2) is 4.98 Å². The third kappa shape index (κ3) is 3.89. The van der Waals surface area contributed by atoms with Crippen molar-refractivity contribution in [1.82, 2.24) is 14.9 Å². The van der Waals surface area contributed by atoms with Gasteiger partial charge in [-0.3, -0.25) is 9.59 Å². The molecule has 0 unspecified atom stereocenters. The monoisotopic (exact) mass is 320 g/mol. The number of rotatable bonds is 4. The minimum Gasteiger partial charge on any atom is -0.342 e. The number of H-pyrrole nitrogens is 1. The molecular formula is C15H20N4O2S. The fourth-order valence-corrected chi connectivity index (χ4v) is 3.20. The molecular weight excluding hydrogens is 300 g/mol. The number of aromatic amines is 1. The average molecular weight is 320 g/mol. The van der Waals surface area contributed by atoms with Crippen LogP contribution in [0.3, 0.4) is 0 Å². The van der Waals surface area contributed by atoms with Crippen molar-refractivity contribution in [3.63, 3.8) is 0 Å². The van der Waals surface area contributed by atoms with Crippen LogP contribution in [-0.4, -0.2) is 39.6 Å². The summed E-state index contributed by atoms with van der Waals surface area (Å²) >= 11 is 1.22. The normalized spacial score (nSPS) is 15.6. The number of nitriles is 1. The summed E-state index contributed by atoms with van der Waals surface area (Å²) in [6, 6.07) is 1.87. The first kappa shape index (κ1) is 16.6. The highest BCUT2D eigenvalue weighted by atomic mass is 32.2. The second-order valence-electron chi connectivity index (χ2n) is 5.51. The zero-order valence-electron chi connectivity index (χ0n) is 12.9. The van der Waals surface area contributed by atoms with E-state index >= 15 is 0 Å². The minimum absolute atomic E-state index is 0.0585. The van der Waals surface area contributed by atoms with Crippen molar-refractivity contribution in [3.8, 4) is 6.07 Å². The van der Waals surface area contributed by atoms with Crippen LogP contribution in [0, 0.1) is 17.2 Å². The molecule has 1 fully saturated rings. The third-order valence-corrected chi connectivity index (χ3v) is 4.75. The maximum absolute atomic E-state index is 12.2. The number of nitrogens with one attached hydrogen (secondary N) is 1. The molecule has 1 aliphatic rings. The van der Waals surface area contributed by atoms with Crippen molar-refractivity contribution in [2.24, 2.45) is 5.92 Å². The Labute approximate surface area is 133 Å². The van der Waals surface area contributed by atoms with Crippen molar-refractivity contribution >= 4 is 17.7 Å². The summed E-state index contributed by atoms with van der Waals surface area (Å²) in [6.45, 7) is 5.65. The van der Waals surface area contributed by atoms with Crippen LogP contribution in [0.2, 0.25) is 0 Å². The lowest BCUT2D eigenvalue weighted by Gasteiger charge is -2.30. The minimum atomic E-state index is -0.434. The molecule has 0 aliphatic carbocycles. The topological polar surface area (TPSA) is 89.8 Å². The first-order valence-electron chi connectivity index (χ1n) is 7.49. The highest BCUT2D eigenvalue weighted by Gasteiger charge is 2.20. The number of amides is 1. The zero-order chi connectivity index (χ0) is 16.1. The van der Waals surface area contributed by atoms with Crippen LogP contribution in [0.5, 0.6) is 0 Å². The summed E-state index contributed by atoms with van der Waals surface area (Å²) in [4.78, 5) is 32.7. The SMILES string of the molecule is CCc1nc(SCC(=O)N2CCC(C)CC2)[nH]c(=O)c1C#N. The second-order valence-corrected chi connectivity index (χ2v) is 6.47. The average Bonchev–Trinajstić information content (AvgIpc) is 2.52. The van der Waals surface area contributed by atoms with Crippen molar-refractivity contribution in [1.29, 1.82) is 5.26 Å². The van der Waals surface area contributed by atoms with E-state index in [2.05, 4.69) is 16.9 Å². The number of aromatic nitrogens is 2. The summed E-state index contributed by atoms with van der Waals surface area (Å²) in [7, 11) is 0. The molecule has 6 nitrogen and oxygen atoms in total. The summed E-state index contributed by atoms with van der Waals surface area (Å²) in [5.41, 5.74) is 0.104. The van der Waals surface area contributed by atoms with Gasteiger partial charge < -0.3 is 9.88 Å². The molecule has 0 bridgehead atoms. The Morgan fingerprint density at radius 1 is 1.50 bits per heavy atom. The molecule has 1 aromatic rings. The first-order chi connectivity index (χ1) is 10.5. The second kappa shape index (κ2) is 7.45. The fourth-order valence-electron chi connectivity index (χ4n) is 2.42. The molecule has 1 N–H and O–H groups in total. The predicted molar refractivity (Wildman–Crippen MR) is 84.7 cm³/mol. The van der Waals surface area contributed by atoms with E-state index in [4.69, 9.17) is 5.26 Å². The number of hydrogen-bond acceptors (Lipinski definition) is 5. The van der Waals surface area contributed by atoms with Crippen molar-refractivity contribution in [2.75, 3.05) is 18.8 Å². The Morgan fingerprint density at radius 2 is 2.18 bits per heavy atom. The molecule has 0 saturated carbocycles. The number of thioether (sulfide) groups is 1. The van der Waals surface area contributed by atoms with Gasteiger partial charge in [0, 0.05) is 13.1 Å². The van der Waals surface area contributed by atoms with Gasteiger partial charge in [-0.1, -0.05) is 25.6 Å². The molecule has 1 aliphatic heterocycles. The Morgan fingerprint density at radius 3 is 2.77 bits per heavy atom. The van der Waals surface area contributed by atoms with Crippen molar-refractivity contribution < 1.29 is 4.79 Å². The van der Waals surface area contributed by atoms with Crippen LogP contribution in [0.25, 0.3) is 0 Å². The number of aryl methyl sites for hydroxylation is 1. The van der Waals surface area contributed by atoms with Gasteiger partial charge in [0.2, 0.25) is 5.91 Å². The molecule has 1 aromatic heterocycles. The predicted octanol–water partition coefficient (Wildman–Crippen LogP) is 1.55. The summed E-state index contributed by atoms with van der Waals surface area (Å²) in [5.74, 6) is 1.01. The number of hydrogen-bond donors (Lipinski definition) is 1. The van der Waals surface area contributed by atoms with E-state index in [-0.39, 0.29) is 17.2 Å².